The predicted molar refractivity (Wildman–Crippen MR) is 107 cm³/mol. The number of halogens is 1. The Morgan fingerprint density at radius 2 is 1.88 bits per heavy atom. The van der Waals surface area contributed by atoms with Gasteiger partial charge in [0.1, 0.15) is 5.75 Å². The van der Waals surface area contributed by atoms with Gasteiger partial charge in [0, 0.05) is 11.6 Å². The molecule has 0 saturated carbocycles. The van der Waals surface area contributed by atoms with E-state index < -0.39 is 0 Å². The van der Waals surface area contributed by atoms with E-state index in [4.69, 9.17) is 16.3 Å². The zero-order valence-electron chi connectivity index (χ0n) is 15.7. The van der Waals surface area contributed by atoms with Crippen molar-refractivity contribution in [1.82, 2.24) is 10.2 Å². The van der Waals surface area contributed by atoms with Crippen LogP contribution in [0.1, 0.15) is 31.0 Å². The minimum Gasteiger partial charge on any atom is -0.484 e. The maximum Gasteiger partial charge on any atom is 0.258 e. The fourth-order valence-electron chi connectivity index (χ4n) is 2.96. The monoisotopic (exact) mass is 374 g/mol. The molecule has 2 rings (SSSR count). The highest BCUT2D eigenvalue weighted by atomic mass is 35.5. The third kappa shape index (κ3) is 5.75. The summed E-state index contributed by atoms with van der Waals surface area (Å²) in [7, 11) is 0. The van der Waals surface area contributed by atoms with Crippen molar-refractivity contribution < 1.29 is 9.53 Å². The van der Waals surface area contributed by atoms with Crippen LogP contribution in [0, 0.1) is 6.92 Å². The van der Waals surface area contributed by atoms with E-state index in [1.165, 1.54) is 0 Å². The molecule has 1 atom stereocenters. The van der Waals surface area contributed by atoms with Crippen LogP contribution in [0.15, 0.2) is 48.5 Å². The Hall–Kier alpha value is -2.04. The lowest BCUT2D eigenvalue weighted by Crippen LogP contribution is -2.39. The highest BCUT2D eigenvalue weighted by Gasteiger charge is 2.21. The van der Waals surface area contributed by atoms with Gasteiger partial charge in [-0.05, 0) is 49.3 Å². The lowest BCUT2D eigenvalue weighted by Gasteiger charge is -2.30. The molecule has 140 valence electrons. The minimum atomic E-state index is -0.143. The summed E-state index contributed by atoms with van der Waals surface area (Å²) in [6, 6.07) is 15.5. The molecule has 0 aliphatic carbocycles. The van der Waals surface area contributed by atoms with Gasteiger partial charge in [-0.1, -0.05) is 55.8 Å². The number of nitrogens with zero attached hydrogens (tertiary/aromatic N) is 1. The van der Waals surface area contributed by atoms with Crippen molar-refractivity contribution in [2.45, 2.75) is 26.8 Å². The summed E-state index contributed by atoms with van der Waals surface area (Å²) in [5.74, 6) is 0.558. The highest BCUT2D eigenvalue weighted by Crippen LogP contribution is 2.26. The average molecular weight is 375 g/mol. The fraction of sp³-hybridized carbons (Fsp3) is 0.381. The van der Waals surface area contributed by atoms with E-state index in [1.807, 2.05) is 55.5 Å². The van der Waals surface area contributed by atoms with Crippen LogP contribution in [-0.2, 0) is 4.79 Å². The molecule has 0 aliphatic heterocycles. The van der Waals surface area contributed by atoms with Crippen molar-refractivity contribution in [3.8, 4) is 5.75 Å². The molecule has 0 unspecified atom stereocenters. The molecule has 1 amide bonds. The lowest BCUT2D eigenvalue weighted by molar-refractivity contribution is -0.123. The molecular weight excluding hydrogens is 348 g/mol. The first-order chi connectivity index (χ1) is 12.5. The largest absolute Gasteiger partial charge is 0.484 e. The number of hydrogen-bond acceptors (Lipinski definition) is 3. The average Bonchev–Trinajstić information content (AvgIpc) is 2.64. The molecule has 0 aromatic heterocycles. The van der Waals surface area contributed by atoms with Gasteiger partial charge in [0.05, 0.1) is 6.04 Å². The Bertz CT molecular complexity index is 717. The quantitative estimate of drug-likeness (QED) is 0.714. The Morgan fingerprint density at radius 1 is 1.15 bits per heavy atom. The van der Waals surface area contributed by atoms with Gasteiger partial charge in [0.15, 0.2) is 6.61 Å². The third-order valence-electron chi connectivity index (χ3n) is 4.37. The SMILES string of the molecule is CCN(CC)[C@@H](CNC(=O)COc1cccc(C)c1)c1ccccc1Cl. The number of likely N-dealkylation sites (N-methyl/N-ethyl adjacent to an activating group) is 1. The number of carbonyl (C=O) groups is 1. The number of ether oxygens (including phenoxy) is 1. The fourth-order valence-corrected chi connectivity index (χ4v) is 3.22. The van der Waals surface area contributed by atoms with Crippen LogP contribution in [-0.4, -0.2) is 37.0 Å². The molecule has 0 radical (unpaired) electrons. The van der Waals surface area contributed by atoms with Crippen LogP contribution in [0.2, 0.25) is 5.02 Å². The number of aryl methyl sites for hydroxylation is 1. The molecule has 0 heterocycles. The molecule has 0 spiro atoms. The predicted octanol–water partition coefficient (Wildman–Crippen LogP) is 4.23. The Morgan fingerprint density at radius 3 is 2.54 bits per heavy atom. The van der Waals surface area contributed by atoms with Gasteiger partial charge in [0.25, 0.3) is 5.91 Å². The van der Waals surface area contributed by atoms with Crippen molar-refractivity contribution in [2.75, 3.05) is 26.2 Å². The zero-order chi connectivity index (χ0) is 18.9. The van der Waals surface area contributed by atoms with Crippen LogP contribution < -0.4 is 10.1 Å². The number of nitrogens with one attached hydrogen (secondary N) is 1. The van der Waals surface area contributed by atoms with Crippen LogP contribution >= 0.6 is 11.6 Å². The summed E-state index contributed by atoms with van der Waals surface area (Å²) >= 11 is 6.38. The van der Waals surface area contributed by atoms with Crippen LogP contribution in [0.25, 0.3) is 0 Å². The summed E-state index contributed by atoms with van der Waals surface area (Å²) in [5.41, 5.74) is 2.13. The van der Waals surface area contributed by atoms with Crippen molar-refractivity contribution in [2.24, 2.45) is 0 Å². The zero-order valence-corrected chi connectivity index (χ0v) is 16.4. The maximum absolute atomic E-state index is 12.2. The Kier molecular flexibility index (Phi) is 7.95. The molecule has 0 bridgehead atoms. The second-order valence-electron chi connectivity index (χ2n) is 6.17. The standard InChI is InChI=1S/C21H27ClN2O2/c1-4-24(5-2)20(18-11-6-7-12-19(18)22)14-23-21(25)15-26-17-10-8-9-16(3)13-17/h6-13,20H,4-5,14-15H2,1-3H3,(H,23,25)/t20-/m0/s1. The summed E-state index contributed by atoms with van der Waals surface area (Å²) in [4.78, 5) is 14.5. The first-order valence-electron chi connectivity index (χ1n) is 8.99. The molecule has 26 heavy (non-hydrogen) atoms. The molecule has 4 nitrogen and oxygen atoms in total. The van der Waals surface area contributed by atoms with Crippen molar-refractivity contribution >= 4 is 17.5 Å². The smallest absolute Gasteiger partial charge is 0.258 e. The Balaban J connectivity index is 1.98. The van der Waals surface area contributed by atoms with Crippen molar-refractivity contribution in [3.63, 3.8) is 0 Å². The summed E-state index contributed by atoms with van der Waals surface area (Å²) in [5, 5.41) is 3.70. The number of carbonyl (C=O) groups excluding carboxylic acids is 1. The molecule has 0 fully saturated rings. The molecule has 5 heteroatoms. The topological polar surface area (TPSA) is 41.6 Å². The van der Waals surface area contributed by atoms with Crippen molar-refractivity contribution in [3.05, 3.63) is 64.7 Å². The molecule has 0 saturated heterocycles. The van der Waals surface area contributed by atoms with E-state index in [-0.39, 0.29) is 18.6 Å². The van der Waals surface area contributed by atoms with E-state index in [0.717, 1.165) is 29.2 Å². The minimum absolute atomic E-state index is 0.00303. The van der Waals surface area contributed by atoms with E-state index in [0.29, 0.717) is 12.3 Å². The van der Waals surface area contributed by atoms with Crippen LogP contribution in [0.4, 0.5) is 0 Å². The van der Waals surface area contributed by atoms with Crippen molar-refractivity contribution in [1.29, 1.82) is 0 Å². The van der Waals surface area contributed by atoms with Gasteiger partial charge < -0.3 is 10.1 Å². The maximum atomic E-state index is 12.2. The Labute approximate surface area is 161 Å². The first-order valence-corrected chi connectivity index (χ1v) is 9.37. The molecule has 2 aromatic rings. The number of benzene rings is 2. The van der Waals surface area contributed by atoms with E-state index in [2.05, 4.69) is 24.1 Å². The van der Waals surface area contributed by atoms with Crippen LogP contribution in [0.3, 0.4) is 0 Å². The van der Waals surface area contributed by atoms with Gasteiger partial charge in [0.2, 0.25) is 0 Å². The molecular formula is C21H27ClN2O2. The van der Waals surface area contributed by atoms with E-state index in [1.54, 1.807) is 0 Å². The molecule has 0 aliphatic rings. The first kappa shape index (κ1) is 20.3. The van der Waals surface area contributed by atoms with Gasteiger partial charge >= 0.3 is 0 Å². The van der Waals surface area contributed by atoms with Gasteiger partial charge in [-0.2, -0.15) is 0 Å². The highest BCUT2D eigenvalue weighted by molar-refractivity contribution is 6.31. The van der Waals surface area contributed by atoms with Gasteiger partial charge in [-0.3, -0.25) is 9.69 Å². The third-order valence-corrected chi connectivity index (χ3v) is 4.71. The summed E-state index contributed by atoms with van der Waals surface area (Å²) < 4.78 is 5.57. The molecule has 1 N–H and O–H groups in total. The van der Waals surface area contributed by atoms with Crippen LogP contribution in [0.5, 0.6) is 5.75 Å². The number of amides is 1. The normalized spacial score (nSPS) is 12.0. The van der Waals surface area contributed by atoms with E-state index in [9.17, 15) is 4.79 Å². The molecule has 2 aromatic carbocycles. The second kappa shape index (κ2) is 10.2. The number of rotatable bonds is 9. The number of hydrogen-bond donors (Lipinski definition) is 1. The summed E-state index contributed by atoms with van der Waals surface area (Å²) in [6.45, 7) is 8.44. The lowest BCUT2D eigenvalue weighted by atomic mass is 10.0. The van der Waals surface area contributed by atoms with E-state index >= 15 is 0 Å². The summed E-state index contributed by atoms with van der Waals surface area (Å²) in [6.07, 6.45) is 0. The van der Waals surface area contributed by atoms with Gasteiger partial charge in [-0.15, -0.1) is 0 Å². The van der Waals surface area contributed by atoms with Gasteiger partial charge in [-0.25, -0.2) is 0 Å². The second-order valence-corrected chi connectivity index (χ2v) is 6.57.